The quantitative estimate of drug-likeness (QED) is 0.509. The third kappa shape index (κ3) is 3.15. The molecule has 5 heterocycles. The molecule has 0 N–H and O–H groups in total. The minimum absolute atomic E-state index is 0.0115. The molecule has 0 amide bonds. The lowest BCUT2D eigenvalue weighted by Crippen LogP contribution is -2.48. The summed E-state index contributed by atoms with van der Waals surface area (Å²) in [5, 5.41) is 6.33. The first-order valence-corrected chi connectivity index (χ1v) is 10.3. The third-order valence-electron chi connectivity index (χ3n) is 5.15. The summed E-state index contributed by atoms with van der Waals surface area (Å²) in [6.07, 6.45) is 3.47. The van der Waals surface area contributed by atoms with E-state index in [1.807, 2.05) is 36.7 Å². The Kier molecular flexibility index (Phi) is 4.27. The molecular weight excluding hydrogens is 388 g/mol. The summed E-state index contributed by atoms with van der Waals surface area (Å²) < 4.78 is 4.11. The number of aromatic nitrogens is 6. The molecule has 1 aliphatic heterocycles. The Morgan fingerprint density at radius 1 is 1.03 bits per heavy atom. The number of fused-ring (bicyclic) bond motifs is 1. The zero-order chi connectivity index (χ0) is 20.0. The van der Waals surface area contributed by atoms with Gasteiger partial charge in [0.15, 0.2) is 5.82 Å². The van der Waals surface area contributed by atoms with Crippen molar-refractivity contribution < 1.29 is 0 Å². The van der Waals surface area contributed by atoms with Crippen molar-refractivity contribution in [3.63, 3.8) is 0 Å². The van der Waals surface area contributed by atoms with Crippen LogP contribution in [0.3, 0.4) is 0 Å². The number of piperazine rings is 1. The lowest BCUT2D eigenvalue weighted by molar-refractivity contribution is 0.618. The molecule has 0 bridgehead atoms. The molecule has 0 atom stereocenters. The van der Waals surface area contributed by atoms with Gasteiger partial charge in [0.2, 0.25) is 5.95 Å². The van der Waals surface area contributed by atoms with E-state index in [0.29, 0.717) is 4.70 Å². The van der Waals surface area contributed by atoms with Crippen molar-refractivity contribution in [2.75, 3.05) is 36.0 Å². The number of hydrogen-bond acceptors (Lipinski definition) is 8. The van der Waals surface area contributed by atoms with Crippen LogP contribution < -0.4 is 15.4 Å². The van der Waals surface area contributed by atoms with Crippen LogP contribution in [0.4, 0.5) is 11.8 Å². The van der Waals surface area contributed by atoms with E-state index in [9.17, 15) is 4.79 Å². The van der Waals surface area contributed by atoms with Gasteiger partial charge in [0.25, 0.3) is 5.56 Å². The first-order chi connectivity index (χ1) is 14.1. The first kappa shape index (κ1) is 17.8. The summed E-state index contributed by atoms with van der Waals surface area (Å²) in [6, 6.07) is 5.80. The number of aryl methyl sites for hydroxylation is 1. The van der Waals surface area contributed by atoms with Crippen LogP contribution in [0.2, 0.25) is 0 Å². The summed E-state index contributed by atoms with van der Waals surface area (Å²) in [5.41, 5.74) is 1.72. The van der Waals surface area contributed by atoms with Crippen LogP contribution in [0.25, 0.3) is 16.0 Å². The highest BCUT2D eigenvalue weighted by molar-refractivity contribution is 7.17. The molecule has 4 aromatic rings. The van der Waals surface area contributed by atoms with Crippen LogP contribution in [0.1, 0.15) is 5.69 Å². The molecule has 29 heavy (non-hydrogen) atoms. The van der Waals surface area contributed by atoms with E-state index in [2.05, 4.69) is 24.9 Å². The first-order valence-electron chi connectivity index (χ1n) is 9.39. The van der Waals surface area contributed by atoms with Gasteiger partial charge in [-0.3, -0.25) is 9.36 Å². The molecule has 10 heteroatoms. The minimum atomic E-state index is 0.0115. The van der Waals surface area contributed by atoms with Crippen molar-refractivity contribution in [3.05, 3.63) is 52.2 Å². The maximum atomic E-state index is 12.6. The molecule has 0 radical (unpaired) electrons. The monoisotopic (exact) mass is 408 g/mol. The highest BCUT2D eigenvalue weighted by Gasteiger charge is 2.22. The van der Waals surface area contributed by atoms with Crippen molar-refractivity contribution in [3.8, 4) is 5.82 Å². The Hall–Kier alpha value is -3.27. The van der Waals surface area contributed by atoms with Crippen LogP contribution >= 0.6 is 11.3 Å². The summed E-state index contributed by atoms with van der Waals surface area (Å²) in [7, 11) is 1.79. The molecule has 0 aliphatic carbocycles. The predicted octanol–water partition coefficient (Wildman–Crippen LogP) is 1.61. The molecule has 4 aromatic heterocycles. The maximum absolute atomic E-state index is 12.6. The zero-order valence-electron chi connectivity index (χ0n) is 16.2. The van der Waals surface area contributed by atoms with Crippen LogP contribution in [0.15, 0.2) is 40.9 Å². The van der Waals surface area contributed by atoms with Crippen molar-refractivity contribution >= 4 is 33.3 Å². The summed E-state index contributed by atoms with van der Waals surface area (Å²) in [6.45, 7) is 5.04. The average molecular weight is 408 g/mol. The number of nitrogens with zero attached hydrogens (tertiary/aromatic N) is 8. The Balaban J connectivity index is 1.36. The van der Waals surface area contributed by atoms with E-state index in [0.717, 1.165) is 55.0 Å². The van der Waals surface area contributed by atoms with Gasteiger partial charge in [-0.15, -0.1) is 11.3 Å². The fourth-order valence-corrected chi connectivity index (χ4v) is 4.38. The number of rotatable bonds is 3. The Labute approximate surface area is 170 Å². The van der Waals surface area contributed by atoms with Crippen LogP contribution in [-0.4, -0.2) is 55.5 Å². The van der Waals surface area contributed by atoms with Gasteiger partial charge in [-0.25, -0.2) is 19.6 Å². The number of hydrogen-bond donors (Lipinski definition) is 0. The zero-order valence-corrected chi connectivity index (χ0v) is 17.0. The van der Waals surface area contributed by atoms with Crippen molar-refractivity contribution in [2.45, 2.75) is 6.92 Å². The van der Waals surface area contributed by atoms with Gasteiger partial charge in [-0.2, -0.15) is 5.10 Å². The van der Waals surface area contributed by atoms with E-state index in [1.54, 1.807) is 22.6 Å². The second-order valence-electron chi connectivity index (χ2n) is 7.02. The minimum Gasteiger partial charge on any atom is -0.353 e. The van der Waals surface area contributed by atoms with Gasteiger partial charge < -0.3 is 9.80 Å². The van der Waals surface area contributed by atoms with Gasteiger partial charge in [-0.1, -0.05) is 0 Å². The van der Waals surface area contributed by atoms with Gasteiger partial charge in [0.05, 0.1) is 11.2 Å². The Morgan fingerprint density at radius 3 is 2.55 bits per heavy atom. The predicted molar refractivity (Wildman–Crippen MR) is 113 cm³/mol. The fourth-order valence-electron chi connectivity index (χ4n) is 3.57. The van der Waals surface area contributed by atoms with E-state index in [-0.39, 0.29) is 5.56 Å². The Morgan fingerprint density at radius 2 is 1.79 bits per heavy atom. The van der Waals surface area contributed by atoms with Crippen molar-refractivity contribution in [1.29, 1.82) is 0 Å². The smallest absolute Gasteiger partial charge is 0.272 e. The number of anilines is 2. The van der Waals surface area contributed by atoms with Crippen LogP contribution in [0, 0.1) is 6.92 Å². The summed E-state index contributed by atoms with van der Waals surface area (Å²) in [5.74, 6) is 2.34. The molecular formula is C19H20N8OS. The summed E-state index contributed by atoms with van der Waals surface area (Å²) in [4.78, 5) is 30.5. The van der Waals surface area contributed by atoms with Crippen molar-refractivity contribution in [1.82, 2.24) is 29.3 Å². The molecule has 148 valence electrons. The lowest BCUT2D eigenvalue weighted by atomic mass is 10.3. The van der Waals surface area contributed by atoms with E-state index < -0.39 is 0 Å². The number of thiophene rings is 1. The average Bonchev–Trinajstić information content (AvgIpc) is 3.40. The highest BCUT2D eigenvalue weighted by Crippen LogP contribution is 2.21. The van der Waals surface area contributed by atoms with Gasteiger partial charge in [0, 0.05) is 45.5 Å². The second-order valence-corrected chi connectivity index (χ2v) is 7.94. The molecule has 1 fully saturated rings. The second kappa shape index (κ2) is 6.96. The summed E-state index contributed by atoms with van der Waals surface area (Å²) >= 11 is 1.44. The van der Waals surface area contributed by atoms with Crippen LogP contribution in [-0.2, 0) is 7.05 Å². The van der Waals surface area contributed by atoms with Gasteiger partial charge in [0.1, 0.15) is 16.8 Å². The molecule has 5 rings (SSSR count). The van der Waals surface area contributed by atoms with Gasteiger partial charge >= 0.3 is 0 Å². The van der Waals surface area contributed by atoms with Crippen LogP contribution in [0.5, 0.6) is 0 Å². The largest absolute Gasteiger partial charge is 0.353 e. The van der Waals surface area contributed by atoms with Gasteiger partial charge in [-0.05, 0) is 24.4 Å². The highest BCUT2D eigenvalue weighted by atomic mass is 32.1. The molecule has 0 aromatic carbocycles. The lowest BCUT2D eigenvalue weighted by Gasteiger charge is -2.36. The van der Waals surface area contributed by atoms with Crippen molar-refractivity contribution in [2.24, 2.45) is 7.05 Å². The van der Waals surface area contributed by atoms with E-state index in [1.165, 1.54) is 11.3 Å². The fraction of sp³-hybridized carbons (Fsp3) is 0.316. The molecule has 1 saturated heterocycles. The van der Waals surface area contributed by atoms with E-state index >= 15 is 0 Å². The molecule has 0 unspecified atom stereocenters. The molecule has 1 aliphatic rings. The molecule has 9 nitrogen and oxygen atoms in total. The maximum Gasteiger partial charge on any atom is 0.272 e. The topological polar surface area (TPSA) is 85.0 Å². The molecule has 0 saturated carbocycles. The normalized spacial score (nSPS) is 14.7. The Bertz CT molecular complexity index is 1230. The molecule has 0 spiro atoms. The third-order valence-corrected chi connectivity index (χ3v) is 6.04. The SMILES string of the molecule is Cc1ccn(-c2cc(N3CCN(c4nc5ccsc5c(=O)n4C)CC3)ncn2)n1. The van der Waals surface area contributed by atoms with E-state index in [4.69, 9.17) is 4.98 Å². The standard InChI is InChI=1S/C19H20N8OS/c1-13-3-5-27(23-13)16-11-15(20-12-21-16)25-6-8-26(9-7-25)19-22-14-4-10-29-17(14)18(28)24(19)2/h3-5,10-12H,6-9H2,1-2H3.